The fourth-order valence-electron chi connectivity index (χ4n) is 3.45. The van der Waals surface area contributed by atoms with E-state index in [2.05, 4.69) is 4.90 Å². The highest BCUT2D eigenvalue weighted by Gasteiger charge is 2.26. The molecular weight excluding hydrogens is 363 g/mol. The quantitative estimate of drug-likeness (QED) is 0.791. The van der Waals surface area contributed by atoms with Gasteiger partial charge in [0.2, 0.25) is 6.79 Å². The Kier molecular flexibility index (Phi) is 5.34. The molecule has 7 heteroatoms. The molecule has 6 nitrogen and oxygen atoms in total. The monoisotopic (exact) mass is 386 g/mol. The number of benzene rings is 2. The zero-order valence-corrected chi connectivity index (χ0v) is 15.8. The molecule has 2 aromatic rings. The molecule has 0 saturated carbocycles. The van der Waals surface area contributed by atoms with E-state index in [-0.39, 0.29) is 18.5 Å². The molecule has 0 bridgehead atoms. The van der Waals surface area contributed by atoms with Gasteiger partial charge in [-0.05, 0) is 48.9 Å². The van der Waals surface area contributed by atoms with Crippen molar-refractivity contribution in [2.24, 2.45) is 0 Å². The van der Waals surface area contributed by atoms with Crippen molar-refractivity contribution in [3.8, 4) is 17.2 Å². The van der Waals surface area contributed by atoms with Gasteiger partial charge in [-0.1, -0.05) is 6.07 Å². The predicted molar refractivity (Wildman–Crippen MR) is 101 cm³/mol. The van der Waals surface area contributed by atoms with Gasteiger partial charge >= 0.3 is 0 Å². The number of carbonyl (C=O) groups is 1. The Morgan fingerprint density at radius 2 is 1.79 bits per heavy atom. The van der Waals surface area contributed by atoms with Crippen LogP contribution in [0.1, 0.15) is 12.5 Å². The van der Waals surface area contributed by atoms with E-state index >= 15 is 0 Å². The summed E-state index contributed by atoms with van der Waals surface area (Å²) in [5.41, 5.74) is 1.16. The van der Waals surface area contributed by atoms with Crippen LogP contribution in [0.5, 0.6) is 17.2 Å². The Morgan fingerprint density at radius 3 is 2.54 bits per heavy atom. The molecule has 2 aromatic carbocycles. The highest BCUT2D eigenvalue weighted by atomic mass is 19.1. The number of amides is 1. The lowest BCUT2D eigenvalue weighted by atomic mass is 10.1. The highest BCUT2D eigenvalue weighted by Crippen LogP contribution is 2.32. The van der Waals surface area contributed by atoms with E-state index in [1.54, 1.807) is 6.92 Å². The SMILES string of the molecule is C[C@H](Oc1ccc(F)cc1)C(=O)N1CCN(Cc2ccc3c(c2)OCO3)CC1. The summed E-state index contributed by atoms with van der Waals surface area (Å²) in [6.45, 7) is 5.70. The molecule has 148 valence electrons. The molecule has 0 radical (unpaired) electrons. The summed E-state index contributed by atoms with van der Waals surface area (Å²) >= 11 is 0. The molecule has 2 aliphatic rings. The Labute approximate surface area is 163 Å². The van der Waals surface area contributed by atoms with E-state index in [0.717, 1.165) is 36.7 Å². The summed E-state index contributed by atoms with van der Waals surface area (Å²) in [5.74, 6) is 1.69. The third-order valence-electron chi connectivity index (χ3n) is 5.00. The number of hydrogen-bond acceptors (Lipinski definition) is 5. The average Bonchev–Trinajstić information content (AvgIpc) is 3.17. The number of hydrogen-bond donors (Lipinski definition) is 0. The molecule has 0 spiro atoms. The van der Waals surface area contributed by atoms with Crippen molar-refractivity contribution in [3.05, 3.63) is 53.8 Å². The van der Waals surface area contributed by atoms with Gasteiger partial charge in [-0.25, -0.2) is 4.39 Å². The van der Waals surface area contributed by atoms with Crippen LogP contribution in [0.25, 0.3) is 0 Å². The standard InChI is InChI=1S/C21H23FN2O4/c1-15(28-18-5-3-17(22)4-6-18)21(25)24-10-8-23(9-11-24)13-16-2-7-19-20(12-16)27-14-26-19/h2-7,12,15H,8-11,13-14H2,1H3/t15-/m0/s1. The maximum absolute atomic E-state index is 13.0. The molecule has 28 heavy (non-hydrogen) atoms. The van der Waals surface area contributed by atoms with E-state index in [9.17, 15) is 9.18 Å². The van der Waals surface area contributed by atoms with Crippen LogP contribution < -0.4 is 14.2 Å². The van der Waals surface area contributed by atoms with E-state index in [0.29, 0.717) is 18.8 Å². The first-order chi connectivity index (χ1) is 13.6. The smallest absolute Gasteiger partial charge is 0.263 e. The number of fused-ring (bicyclic) bond motifs is 1. The van der Waals surface area contributed by atoms with Crippen molar-refractivity contribution in [2.75, 3.05) is 33.0 Å². The number of piperazine rings is 1. The van der Waals surface area contributed by atoms with Gasteiger partial charge in [0, 0.05) is 32.7 Å². The van der Waals surface area contributed by atoms with Gasteiger partial charge in [0.15, 0.2) is 17.6 Å². The fraction of sp³-hybridized carbons (Fsp3) is 0.381. The van der Waals surface area contributed by atoms with E-state index in [4.69, 9.17) is 14.2 Å². The Morgan fingerprint density at radius 1 is 1.07 bits per heavy atom. The van der Waals surface area contributed by atoms with Crippen LogP contribution in [0.2, 0.25) is 0 Å². The lowest BCUT2D eigenvalue weighted by molar-refractivity contribution is -0.139. The number of nitrogens with zero attached hydrogens (tertiary/aromatic N) is 2. The van der Waals surface area contributed by atoms with Crippen molar-refractivity contribution in [2.45, 2.75) is 19.6 Å². The molecule has 0 aliphatic carbocycles. The zero-order valence-electron chi connectivity index (χ0n) is 15.8. The van der Waals surface area contributed by atoms with Gasteiger partial charge in [-0.3, -0.25) is 9.69 Å². The number of halogens is 1. The summed E-state index contributed by atoms with van der Waals surface area (Å²) in [4.78, 5) is 16.8. The molecule has 0 unspecified atom stereocenters. The number of rotatable bonds is 5. The molecule has 2 heterocycles. The minimum atomic E-state index is -0.606. The second-order valence-corrected chi connectivity index (χ2v) is 7.00. The van der Waals surface area contributed by atoms with Gasteiger partial charge in [0.25, 0.3) is 5.91 Å². The lowest BCUT2D eigenvalue weighted by Gasteiger charge is -2.35. The third kappa shape index (κ3) is 4.20. The summed E-state index contributed by atoms with van der Waals surface area (Å²) in [6.07, 6.45) is -0.606. The maximum atomic E-state index is 13.0. The second kappa shape index (κ2) is 8.06. The van der Waals surface area contributed by atoms with Gasteiger partial charge in [0.1, 0.15) is 11.6 Å². The van der Waals surface area contributed by atoms with Gasteiger partial charge in [-0.15, -0.1) is 0 Å². The predicted octanol–water partition coefficient (Wildman–Crippen LogP) is 2.67. The lowest BCUT2D eigenvalue weighted by Crippen LogP contribution is -2.51. The maximum Gasteiger partial charge on any atom is 0.263 e. The summed E-state index contributed by atoms with van der Waals surface area (Å²) in [5, 5.41) is 0. The minimum Gasteiger partial charge on any atom is -0.481 e. The van der Waals surface area contributed by atoms with Crippen LogP contribution >= 0.6 is 0 Å². The van der Waals surface area contributed by atoms with Crippen molar-refractivity contribution >= 4 is 5.91 Å². The fourth-order valence-corrected chi connectivity index (χ4v) is 3.45. The molecule has 4 rings (SSSR count). The van der Waals surface area contributed by atoms with E-state index in [1.165, 1.54) is 24.3 Å². The van der Waals surface area contributed by atoms with E-state index < -0.39 is 6.10 Å². The number of ether oxygens (including phenoxy) is 3. The van der Waals surface area contributed by atoms with Gasteiger partial charge in [-0.2, -0.15) is 0 Å². The van der Waals surface area contributed by atoms with Crippen LogP contribution in [-0.4, -0.2) is 54.8 Å². The van der Waals surface area contributed by atoms with Crippen molar-refractivity contribution < 1.29 is 23.4 Å². The summed E-state index contributed by atoms with van der Waals surface area (Å²) in [6, 6.07) is 11.7. The highest BCUT2D eigenvalue weighted by molar-refractivity contribution is 5.81. The van der Waals surface area contributed by atoms with Crippen molar-refractivity contribution in [3.63, 3.8) is 0 Å². The topological polar surface area (TPSA) is 51.2 Å². The first-order valence-corrected chi connectivity index (χ1v) is 9.40. The molecular formula is C21H23FN2O4. The van der Waals surface area contributed by atoms with Crippen LogP contribution in [0, 0.1) is 5.82 Å². The van der Waals surface area contributed by atoms with Gasteiger partial charge in [0.05, 0.1) is 0 Å². The molecule has 1 amide bonds. The summed E-state index contributed by atoms with van der Waals surface area (Å²) < 4.78 is 29.4. The molecule has 2 aliphatic heterocycles. The minimum absolute atomic E-state index is 0.0490. The molecule has 0 aromatic heterocycles. The average molecular weight is 386 g/mol. The number of carbonyl (C=O) groups excluding carboxylic acids is 1. The Bertz CT molecular complexity index is 835. The molecule has 0 N–H and O–H groups in total. The van der Waals surface area contributed by atoms with Crippen LogP contribution in [0.15, 0.2) is 42.5 Å². The first kappa shape index (κ1) is 18.6. The summed E-state index contributed by atoms with van der Waals surface area (Å²) in [7, 11) is 0. The second-order valence-electron chi connectivity index (χ2n) is 7.00. The van der Waals surface area contributed by atoms with Crippen molar-refractivity contribution in [1.29, 1.82) is 0 Å². The molecule has 1 saturated heterocycles. The van der Waals surface area contributed by atoms with Crippen molar-refractivity contribution in [1.82, 2.24) is 9.80 Å². The van der Waals surface area contributed by atoms with E-state index in [1.807, 2.05) is 23.1 Å². The van der Waals surface area contributed by atoms with Crippen LogP contribution in [-0.2, 0) is 11.3 Å². The molecule has 1 fully saturated rings. The normalized spacial score (nSPS) is 17.4. The molecule has 1 atom stereocenters. The van der Waals surface area contributed by atoms with Crippen LogP contribution in [0.4, 0.5) is 4.39 Å². The zero-order chi connectivity index (χ0) is 19.5. The Hall–Kier alpha value is -2.80. The third-order valence-corrected chi connectivity index (χ3v) is 5.00. The van der Waals surface area contributed by atoms with Gasteiger partial charge < -0.3 is 19.1 Å². The first-order valence-electron chi connectivity index (χ1n) is 9.40. The Balaban J connectivity index is 1.27. The largest absolute Gasteiger partial charge is 0.481 e. The van der Waals surface area contributed by atoms with Crippen LogP contribution in [0.3, 0.4) is 0 Å².